The second-order valence-electron chi connectivity index (χ2n) is 5.99. The van der Waals surface area contributed by atoms with Crippen molar-refractivity contribution in [1.82, 2.24) is 14.3 Å². The number of esters is 1. The lowest BCUT2D eigenvalue weighted by atomic mass is 10.1. The van der Waals surface area contributed by atoms with Crippen LogP contribution in [0, 0.1) is 0 Å². The Balaban J connectivity index is 1.53. The van der Waals surface area contributed by atoms with Gasteiger partial charge in [-0.15, -0.1) is 17.9 Å². The Hall–Kier alpha value is -3.59. The van der Waals surface area contributed by atoms with E-state index in [9.17, 15) is 19.2 Å². The smallest absolute Gasteiger partial charge is 0.338 e. The Bertz CT molecular complexity index is 1210. The molecule has 0 bridgehead atoms. The summed E-state index contributed by atoms with van der Waals surface area (Å²) < 4.78 is 6.62. The summed E-state index contributed by atoms with van der Waals surface area (Å²) in [6, 6.07) is 5.49. The number of ether oxygens (including phenoxy) is 1. The van der Waals surface area contributed by atoms with Crippen molar-refractivity contribution in [2.75, 3.05) is 6.54 Å². The Morgan fingerprint density at radius 3 is 2.75 bits per heavy atom. The Morgan fingerprint density at radius 1 is 1.18 bits per heavy atom. The Kier molecular flexibility index (Phi) is 4.36. The monoisotopic (exact) mass is 395 g/mol. The molecule has 0 radical (unpaired) electrons. The van der Waals surface area contributed by atoms with Crippen molar-refractivity contribution >= 4 is 34.1 Å². The van der Waals surface area contributed by atoms with E-state index in [0.29, 0.717) is 10.7 Å². The Morgan fingerprint density at radius 2 is 1.96 bits per heavy atom. The number of nitrogens with zero attached hydrogens (tertiary/aromatic N) is 3. The Labute approximate surface area is 162 Å². The summed E-state index contributed by atoms with van der Waals surface area (Å²) in [5, 5.41) is 1.73. The maximum Gasteiger partial charge on any atom is 0.338 e. The lowest BCUT2D eigenvalue weighted by Crippen LogP contribution is -2.29. The molecular weight excluding hydrogens is 382 g/mol. The van der Waals surface area contributed by atoms with Gasteiger partial charge in [0, 0.05) is 24.2 Å². The summed E-state index contributed by atoms with van der Waals surface area (Å²) in [5.41, 5.74) is 0.583. The van der Waals surface area contributed by atoms with E-state index in [0.717, 1.165) is 4.90 Å². The first kappa shape index (κ1) is 17.8. The molecule has 3 aromatic rings. The standard InChI is InChI=1S/C19H13N3O5S/c1-2-5-22-16(24)13-4-3-11(8-14(13)17(22)25)18(26)27-10-12-9-15(23)21-6-7-28-19(21)20-12/h2-4,6-9H,1,5,10H2. The van der Waals surface area contributed by atoms with Crippen LogP contribution < -0.4 is 5.56 Å². The van der Waals surface area contributed by atoms with E-state index >= 15 is 0 Å². The molecule has 1 aromatic carbocycles. The van der Waals surface area contributed by atoms with Crippen LogP contribution in [0.25, 0.3) is 4.96 Å². The summed E-state index contributed by atoms with van der Waals surface area (Å²) in [6.07, 6.45) is 3.07. The van der Waals surface area contributed by atoms with Crippen molar-refractivity contribution in [3.8, 4) is 0 Å². The number of benzene rings is 1. The molecule has 0 spiro atoms. The fraction of sp³-hybridized carbons (Fsp3) is 0.105. The molecule has 0 atom stereocenters. The molecule has 0 fully saturated rings. The highest BCUT2D eigenvalue weighted by Crippen LogP contribution is 2.24. The van der Waals surface area contributed by atoms with Gasteiger partial charge in [0.15, 0.2) is 4.96 Å². The molecule has 0 N–H and O–H groups in total. The van der Waals surface area contributed by atoms with Crippen LogP contribution >= 0.6 is 11.3 Å². The first-order valence-corrected chi connectivity index (χ1v) is 9.11. The molecule has 4 rings (SSSR count). The maximum atomic E-state index is 12.4. The van der Waals surface area contributed by atoms with Crippen LogP contribution in [0.3, 0.4) is 0 Å². The van der Waals surface area contributed by atoms with Crippen LogP contribution in [0.2, 0.25) is 0 Å². The first-order chi connectivity index (χ1) is 13.5. The highest BCUT2D eigenvalue weighted by molar-refractivity contribution is 7.15. The predicted octanol–water partition coefficient (Wildman–Crippen LogP) is 1.90. The zero-order valence-corrected chi connectivity index (χ0v) is 15.3. The summed E-state index contributed by atoms with van der Waals surface area (Å²) in [7, 11) is 0. The largest absolute Gasteiger partial charge is 0.456 e. The minimum Gasteiger partial charge on any atom is -0.456 e. The third-order valence-electron chi connectivity index (χ3n) is 4.23. The number of hydrogen-bond acceptors (Lipinski definition) is 7. The van der Waals surface area contributed by atoms with Crippen molar-refractivity contribution in [1.29, 1.82) is 0 Å². The van der Waals surface area contributed by atoms with E-state index in [1.807, 2.05) is 0 Å². The third-order valence-corrected chi connectivity index (χ3v) is 4.98. The lowest BCUT2D eigenvalue weighted by Gasteiger charge is -2.09. The number of hydrogen-bond donors (Lipinski definition) is 0. The van der Waals surface area contributed by atoms with Crippen molar-refractivity contribution in [3.63, 3.8) is 0 Å². The van der Waals surface area contributed by atoms with Gasteiger partial charge in [-0.05, 0) is 18.2 Å². The molecule has 0 saturated carbocycles. The summed E-state index contributed by atoms with van der Waals surface area (Å²) in [6.45, 7) is 3.44. The highest BCUT2D eigenvalue weighted by Gasteiger charge is 2.35. The average molecular weight is 395 g/mol. The van der Waals surface area contributed by atoms with Gasteiger partial charge < -0.3 is 4.74 Å². The van der Waals surface area contributed by atoms with Gasteiger partial charge in [-0.3, -0.25) is 23.7 Å². The van der Waals surface area contributed by atoms with E-state index < -0.39 is 17.8 Å². The van der Waals surface area contributed by atoms with E-state index in [4.69, 9.17) is 4.74 Å². The molecule has 9 heteroatoms. The number of rotatable bonds is 5. The number of thiazole rings is 1. The van der Waals surface area contributed by atoms with Gasteiger partial charge in [0.2, 0.25) is 0 Å². The predicted molar refractivity (Wildman–Crippen MR) is 100 cm³/mol. The minimum absolute atomic E-state index is 0.0958. The van der Waals surface area contributed by atoms with Gasteiger partial charge in [-0.2, -0.15) is 0 Å². The van der Waals surface area contributed by atoms with Gasteiger partial charge in [0.25, 0.3) is 17.4 Å². The fourth-order valence-corrected chi connectivity index (χ4v) is 3.64. The van der Waals surface area contributed by atoms with E-state index in [2.05, 4.69) is 11.6 Å². The zero-order valence-electron chi connectivity index (χ0n) is 14.5. The normalized spacial score (nSPS) is 13.1. The molecule has 0 aliphatic carbocycles. The highest BCUT2D eigenvalue weighted by atomic mass is 32.1. The summed E-state index contributed by atoms with van der Waals surface area (Å²) in [5.74, 6) is -1.58. The van der Waals surface area contributed by atoms with Crippen LogP contribution in [0.4, 0.5) is 0 Å². The molecule has 0 unspecified atom stereocenters. The van der Waals surface area contributed by atoms with Gasteiger partial charge in [-0.25, -0.2) is 9.78 Å². The fourth-order valence-electron chi connectivity index (χ4n) is 2.90. The van der Waals surface area contributed by atoms with Gasteiger partial charge >= 0.3 is 5.97 Å². The SMILES string of the molecule is C=CCN1C(=O)c2ccc(C(=O)OCc3cc(=O)n4ccsc4n3)cc2C1=O. The van der Waals surface area contributed by atoms with Crippen LogP contribution in [-0.4, -0.2) is 38.6 Å². The molecule has 8 nitrogen and oxygen atoms in total. The molecule has 0 saturated heterocycles. The van der Waals surface area contributed by atoms with Crippen LogP contribution in [0.15, 0.2) is 53.3 Å². The van der Waals surface area contributed by atoms with Crippen LogP contribution in [-0.2, 0) is 11.3 Å². The second kappa shape index (κ2) is 6.86. The van der Waals surface area contributed by atoms with E-state index in [1.165, 1.54) is 46.1 Å². The van der Waals surface area contributed by atoms with E-state index in [1.54, 1.807) is 11.6 Å². The van der Waals surface area contributed by atoms with Crippen molar-refractivity contribution < 1.29 is 19.1 Å². The zero-order chi connectivity index (χ0) is 19.8. The number of aromatic nitrogens is 2. The average Bonchev–Trinajstić information content (AvgIpc) is 3.25. The summed E-state index contributed by atoms with van der Waals surface area (Å²) >= 11 is 1.29. The molecule has 3 heterocycles. The third kappa shape index (κ3) is 2.91. The topological polar surface area (TPSA) is 98.1 Å². The van der Waals surface area contributed by atoms with Gasteiger partial charge in [0.05, 0.1) is 22.4 Å². The van der Waals surface area contributed by atoms with Crippen LogP contribution in [0.1, 0.15) is 36.8 Å². The van der Waals surface area contributed by atoms with Crippen LogP contribution in [0.5, 0.6) is 0 Å². The lowest BCUT2D eigenvalue weighted by molar-refractivity contribution is 0.0467. The van der Waals surface area contributed by atoms with Gasteiger partial charge in [-0.1, -0.05) is 6.08 Å². The number of carbonyl (C=O) groups is 3. The molecule has 140 valence electrons. The summed E-state index contributed by atoms with van der Waals surface area (Å²) in [4.78, 5) is 54.7. The first-order valence-electron chi connectivity index (χ1n) is 8.23. The molecule has 2 amide bonds. The van der Waals surface area contributed by atoms with E-state index in [-0.39, 0.29) is 35.4 Å². The number of amides is 2. The van der Waals surface area contributed by atoms with Gasteiger partial charge in [0.1, 0.15) is 6.61 Å². The van der Waals surface area contributed by atoms with Crippen molar-refractivity contribution in [2.45, 2.75) is 6.61 Å². The quantitative estimate of drug-likeness (QED) is 0.372. The molecule has 1 aliphatic rings. The molecular formula is C19H13N3O5S. The molecule has 28 heavy (non-hydrogen) atoms. The molecule has 1 aliphatic heterocycles. The number of imide groups is 1. The second-order valence-corrected chi connectivity index (χ2v) is 6.86. The maximum absolute atomic E-state index is 12.4. The number of fused-ring (bicyclic) bond motifs is 2. The number of carbonyl (C=O) groups excluding carboxylic acids is 3. The van der Waals surface area contributed by atoms with Crippen molar-refractivity contribution in [3.05, 3.63) is 81.2 Å². The minimum atomic E-state index is -0.682. The molecule has 2 aromatic heterocycles. The van der Waals surface area contributed by atoms with Crippen molar-refractivity contribution in [2.24, 2.45) is 0 Å².